The van der Waals surface area contributed by atoms with E-state index in [-0.39, 0.29) is 11.2 Å². The minimum atomic E-state index is -0.111. The van der Waals surface area contributed by atoms with Crippen LogP contribution in [-0.4, -0.2) is 6.29 Å². The zero-order valence-corrected chi connectivity index (χ0v) is 12.5. The molecule has 0 aromatic heterocycles. The van der Waals surface area contributed by atoms with Gasteiger partial charge in [-0.15, -0.1) is 0 Å². The van der Waals surface area contributed by atoms with Crippen LogP contribution >= 0.6 is 0 Å². The number of hydrogen-bond donors (Lipinski definition) is 0. The molecule has 0 N–H and O–H groups in total. The van der Waals surface area contributed by atoms with E-state index in [1.807, 2.05) is 6.92 Å². The first-order valence-corrected chi connectivity index (χ1v) is 7.09. The fourth-order valence-corrected chi connectivity index (χ4v) is 2.14. The van der Waals surface area contributed by atoms with E-state index in [0.717, 1.165) is 31.1 Å². The first-order chi connectivity index (χ1) is 8.99. The molecule has 1 aliphatic rings. The highest BCUT2D eigenvalue weighted by Gasteiger charge is 2.25. The highest BCUT2D eigenvalue weighted by atomic mass is 19.1. The second kappa shape index (κ2) is 9.71. The number of rotatable bonds is 4. The maximum atomic E-state index is 12.5. The van der Waals surface area contributed by atoms with Crippen LogP contribution < -0.4 is 0 Å². The van der Waals surface area contributed by atoms with Gasteiger partial charge in [0, 0.05) is 5.41 Å². The van der Waals surface area contributed by atoms with Crippen LogP contribution in [0.15, 0.2) is 36.2 Å². The van der Waals surface area contributed by atoms with Gasteiger partial charge in [-0.3, -0.25) is 0 Å². The maximum Gasteiger partial charge on any atom is 0.125 e. The topological polar surface area (TPSA) is 17.1 Å². The minimum Gasteiger partial charge on any atom is -0.303 e. The fourth-order valence-electron chi connectivity index (χ4n) is 2.14. The fraction of sp³-hybridized carbons (Fsp3) is 0.588. The average Bonchev–Trinajstić information content (AvgIpc) is 2.41. The van der Waals surface area contributed by atoms with Crippen molar-refractivity contribution in [3.63, 3.8) is 0 Å². The van der Waals surface area contributed by atoms with Crippen LogP contribution in [0.5, 0.6) is 0 Å². The van der Waals surface area contributed by atoms with Crippen molar-refractivity contribution in [2.75, 3.05) is 0 Å². The van der Waals surface area contributed by atoms with E-state index in [0.29, 0.717) is 0 Å². The third-order valence-corrected chi connectivity index (χ3v) is 3.54. The summed E-state index contributed by atoms with van der Waals surface area (Å²) in [5.41, 5.74) is 0.776. The van der Waals surface area contributed by atoms with Gasteiger partial charge in [-0.1, -0.05) is 57.9 Å². The number of carbonyl (C=O) groups is 1. The van der Waals surface area contributed by atoms with Crippen molar-refractivity contribution in [1.82, 2.24) is 0 Å². The predicted molar refractivity (Wildman–Crippen MR) is 80.7 cm³/mol. The summed E-state index contributed by atoms with van der Waals surface area (Å²) in [4.78, 5) is 10.5. The molecule has 1 aliphatic carbocycles. The number of carbonyl (C=O) groups excluding carboxylic acids is 1. The van der Waals surface area contributed by atoms with E-state index in [1.165, 1.54) is 26.2 Å². The van der Waals surface area contributed by atoms with Crippen molar-refractivity contribution in [3.05, 3.63) is 36.2 Å². The lowest BCUT2D eigenvalue weighted by Crippen LogP contribution is -2.21. The Balaban J connectivity index is 0.000000342. The van der Waals surface area contributed by atoms with Gasteiger partial charge in [0.2, 0.25) is 0 Å². The van der Waals surface area contributed by atoms with Crippen LogP contribution in [0.3, 0.4) is 0 Å². The minimum absolute atomic E-state index is 0.0399. The molecule has 1 rings (SSSR count). The lowest BCUT2D eigenvalue weighted by molar-refractivity contribution is -0.116. The number of halogens is 1. The predicted octanol–water partition coefficient (Wildman–Crippen LogP) is 5.54. The highest BCUT2D eigenvalue weighted by molar-refractivity contribution is 5.58. The molecule has 1 nitrogen and oxygen atoms in total. The van der Waals surface area contributed by atoms with E-state index in [1.54, 1.807) is 18.2 Å². The Hall–Kier alpha value is -1.18. The molecule has 0 amide bonds. The van der Waals surface area contributed by atoms with Gasteiger partial charge in [0.05, 0.1) is 5.83 Å². The molecule has 108 valence electrons. The monoisotopic (exact) mass is 266 g/mol. The standard InChI is InChI=1S/C9H13F.C8H14O/c1-4-6-7-9(5-2)8(3)10;1-8(7-9)5-3-2-4-6-8/h4,6-7H,1,5H2,2-3H3;7H,2-6H2,1H3/b7-6-,9-8+;. The Morgan fingerprint density at radius 1 is 1.32 bits per heavy atom. The number of hydrogen-bond acceptors (Lipinski definition) is 1. The van der Waals surface area contributed by atoms with Gasteiger partial charge in [-0.05, 0) is 31.8 Å². The molecule has 2 heteroatoms. The summed E-state index contributed by atoms with van der Waals surface area (Å²) >= 11 is 0. The smallest absolute Gasteiger partial charge is 0.125 e. The maximum absolute atomic E-state index is 12.5. The Labute approximate surface area is 117 Å². The van der Waals surface area contributed by atoms with E-state index in [2.05, 4.69) is 13.5 Å². The molecule has 0 aromatic carbocycles. The van der Waals surface area contributed by atoms with Gasteiger partial charge in [-0.2, -0.15) is 0 Å². The molecular formula is C17H27FO. The van der Waals surface area contributed by atoms with Gasteiger partial charge in [0.1, 0.15) is 6.29 Å². The van der Waals surface area contributed by atoms with Crippen molar-refractivity contribution >= 4 is 6.29 Å². The summed E-state index contributed by atoms with van der Waals surface area (Å²) in [7, 11) is 0. The molecular weight excluding hydrogens is 239 g/mol. The van der Waals surface area contributed by atoms with Crippen LogP contribution in [0.1, 0.15) is 59.3 Å². The van der Waals surface area contributed by atoms with Gasteiger partial charge >= 0.3 is 0 Å². The molecule has 0 radical (unpaired) electrons. The summed E-state index contributed by atoms with van der Waals surface area (Å²) in [5.74, 6) is -0.111. The Morgan fingerprint density at radius 2 is 1.89 bits per heavy atom. The van der Waals surface area contributed by atoms with Gasteiger partial charge in [0.25, 0.3) is 0 Å². The third-order valence-electron chi connectivity index (χ3n) is 3.54. The Kier molecular flexibility index (Phi) is 9.11. The van der Waals surface area contributed by atoms with Crippen LogP contribution in [0.4, 0.5) is 4.39 Å². The SMILES string of the molecule is C=C/C=C\C(CC)=C(/C)F.CC1(C=O)CCCCC1. The van der Waals surface area contributed by atoms with Crippen molar-refractivity contribution in [3.8, 4) is 0 Å². The quantitative estimate of drug-likeness (QED) is 0.482. The zero-order chi connectivity index (χ0) is 14.7. The molecule has 0 aromatic rings. The van der Waals surface area contributed by atoms with E-state index in [9.17, 15) is 9.18 Å². The second-order valence-corrected chi connectivity index (χ2v) is 5.34. The summed E-state index contributed by atoms with van der Waals surface area (Å²) < 4.78 is 12.5. The lowest BCUT2D eigenvalue weighted by atomic mass is 9.77. The van der Waals surface area contributed by atoms with Crippen molar-refractivity contribution in [2.45, 2.75) is 59.3 Å². The van der Waals surface area contributed by atoms with E-state index < -0.39 is 0 Å². The zero-order valence-electron chi connectivity index (χ0n) is 12.5. The second-order valence-electron chi connectivity index (χ2n) is 5.34. The molecule has 0 atom stereocenters. The summed E-state index contributed by atoms with van der Waals surface area (Å²) in [6.45, 7) is 8.95. The normalized spacial score (nSPS) is 19.2. The van der Waals surface area contributed by atoms with Gasteiger partial charge in [-0.25, -0.2) is 4.39 Å². The Morgan fingerprint density at radius 3 is 2.21 bits per heavy atom. The molecule has 0 bridgehead atoms. The van der Waals surface area contributed by atoms with Gasteiger partial charge < -0.3 is 4.79 Å². The first kappa shape index (κ1) is 17.8. The van der Waals surface area contributed by atoms with Crippen molar-refractivity contribution in [2.24, 2.45) is 5.41 Å². The molecule has 0 spiro atoms. The molecule has 0 saturated heterocycles. The molecule has 1 saturated carbocycles. The highest BCUT2D eigenvalue weighted by Crippen LogP contribution is 2.33. The van der Waals surface area contributed by atoms with Crippen LogP contribution in [-0.2, 0) is 4.79 Å². The van der Waals surface area contributed by atoms with E-state index in [4.69, 9.17) is 0 Å². The molecule has 19 heavy (non-hydrogen) atoms. The molecule has 0 unspecified atom stereocenters. The van der Waals surface area contributed by atoms with Crippen molar-refractivity contribution < 1.29 is 9.18 Å². The van der Waals surface area contributed by atoms with Crippen LogP contribution in [0.2, 0.25) is 0 Å². The van der Waals surface area contributed by atoms with Gasteiger partial charge in [0.15, 0.2) is 0 Å². The number of aldehydes is 1. The Bertz CT molecular complexity index is 329. The largest absolute Gasteiger partial charge is 0.303 e. The average molecular weight is 266 g/mol. The van der Waals surface area contributed by atoms with E-state index >= 15 is 0 Å². The first-order valence-electron chi connectivity index (χ1n) is 7.09. The number of allylic oxidation sites excluding steroid dienone is 5. The molecule has 1 fully saturated rings. The molecule has 0 aliphatic heterocycles. The summed E-state index contributed by atoms with van der Waals surface area (Å²) in [5, 5.41) is 0. The molecule has 0 heterocycles. The van der Waals surface area contributed by atoms with Crippen molar-refractivity contribution in [1.29, 1.82) is 0 Å². The van der Waals surface area contributed by atoms with Crippen LogP contribution in [0.25, 0.3) is 0 Å². The van der Waals surface area contributed by atoms with Crippen LogP contribution in [0, 0.1) is 5.41 Å². The lowest BCUT2D eigenvalue weighted by Gasteiger charge is -2.26. The third kappa shape index (κ3) is 7.76. The summed E-state index contributed by atoms with van der Waals surface area (Å²) in [6, 6.07) is 0. The summed E-state index contributed by atoms with van der Waals surface area (Å²) in [6.07, 6.45) is 13.0.